The minimum absolute atomic E-state index is 0.0468. The second-order valence-electron chi connectivity index (χ2n) is 9.02. The van der Waals surface area contributed by atoms with E-state index in [1.807, 2.05) is 28.0 Å². The molecule has 3 aliphatic heterocycles. The molecule has 9 nitrogen and oxygen atoms in total. The van der Waals surface area contributed by atoms with Crippen LogP contribution in [0, 0.1) is 0 Å². The molecular weight excluding hydrogens is 468 g/mol. The topological polar surface area (TPSA) is 91.8 Å². The molecule has 0 aliphatic carbocycles. The first kappa shape index (κ1) is 23.6. The highest BCUT2D eigenvalue weighted by molar-refractivity contribution is 7.90. The van der Waals surface area contributed by atoms with Gasteiger partial charge in [-0.05, 0) is 43.2 Å². The van der Waals surface area contributed by atoms with Crippen LogP contribution in [0.4, 0.5) is 0 Å². The van der Waals surface area contributed by atoms with E-state index in [0.29, 0.717) is 44.0 Å². The number of carbonyl (C=O) groups excluding carboxylic acids is 1. The van der Waals surface area contributed by atoms with E-state index in [1.54, 1.807) is 38.5 Å². The van der Waals surface area contributed by atoms with Gasteiger partial charge in [0.2, 0.25) is 5.91 Å². The van der Waals surface area contributed by atoms with Crippen LogP contribution in [0.5, 0.6) is 11.5 Å². The largest absolute Gasteiger partial charge is 0.497 e. The summed E-state index contributed by atoms with van der Waals surface area (Å²) < 4.78 is 40.0. The Labute approximate surface area is 206 Å². The minimum atomic E-state index is -3.72. The summed E-state index contributed by atoms with van der Waals surface area (Å²) >= 11 is 0. The molecule has 35 heavy (non-hydrogen) atoms. The molecule has 1 amide bonds. The van der Waals surface area contributed by atoms with Crippen LogP contribution in [0.1, 0.15) is 24.0 Å². The number of sulfonamides is 1. The van der Waals surface area contributed by atoms with Gasteiger partial charge in [-0.25, -0.2) is 0 Å². The lowest BCUT2D eigenvalue weighted by Crippen LogP contribution is -2.54. The summed E-state index contributed by atoms with van der Waals surface area (Å²) in [7, 11) is -0.412. The number of ether oxygens (including phenoxy) is 2. The third-order valence-electron chi connectivity index (χ3n) is 6.99. The van der Waals surface area contributed by atoms with Crippen LogP contribution in [0.25, 0.3) is 0 Å². The molecule has 0 unspecified atom stereocenters. The molecule has 5 rings (SSSR count). The molecule has 2 fully saturated rings. The second-order valence-corrected chi connectivity index (χ2v) is 10.6. The van der Waals surface area contributed by atoms with Crippen molar-refractivity contribution in [3.05, 3.63) is 53.6 Å². The average molecular weight is 499 g/mol. The lowest BCUT2D eigenvalue weighted by molar-refractivity contribution is -0.136. The Kier molecular flexibility index (Phi) is 6.41. The average Bonchev–Trinajstić information content (AvgIpc) is 3.46. The highest BCUT2D eigenvalue weighted by Crippen LogP contribution is 2.32. The van der Waals surface area contributed by atoms with Gasteiger partial charge in [-0.2, -0.15) is 8.42 Å². The molecule has 10 heteroatoms. The van der Waals surface area contributed by atoms with Crippen LogP contribution in [0.3, 0.4) is 0 Å². The zero-order valence-corrected chi connectivity index (χ0v) is 20.8. The number of hydrogen-bond donors (Lipinski definition) is 0. The highest BCUT2D eigenvalue weighted by atomic mass is 32.2. The molecule has 3 aliphatic rings. The van der Waals surface area contributed by atoms with Crippen LogP contribution in [0.15, 0.2) is 51.8 Å². The Morgan fingerprint density at radius 2 is 1.80 bits per heavy atom. The summed E-state index contributed by atoms with van der Waals surface area (Å²) in [6.45, 7) is 4.07. The monoisotopic (exact) mass is 498 g/mol. The maximum atomic E-state index is 13.5. The first-order chi connectivity index (χ1) is 16.9. The molecule has 0 radical (unpaired) electrons. The molecule has 0 bridgehead atoms. The number of nitrogens with zero attached hydrogens (tertiary/aromatic N) is 4. The minimum Gasteiger partial charge on any atom is -0.497 e. The predicted molar refractivity (Wildman–Crippen MR) is 131 cm³/mol. The van der Waals surface area contributed by atoms with Gasteiger partial charge in [0.15, 0.2) is 5.84 Å². The Morgan fingerprint density at radius 1 is 1.03 bits per heavy atom. The van der Waals surface area contributed by atoms with Crippen LogP contribution in [-0.4, -0.2) is 87.8 Å². The number of carbonyl (C=O) groups is 1. The molecule has 2 aromatic rings. The number of hydrogen-bond acceptors (Lipinski definition) is 7. The van der Waals surface area contributed by atoms with Crippen molar-refractivity contribution in [2.24, 2.45) is 4.40 Å². The van der Waals surface area contributed by atoms with Gasteiger partial charge < -0.3 is 19.3 Å². The Hall–Kier alpha value is -3.11. The molecule has 3 heterocycles. The quantitative estimate of drug-likeness (QED) is 0.622. The molecule has 0 saturated carbocycles. The molecule has 2 saturated heterocycles. The first-order valence-electron chi connectivity index (χ1n) is 11.8. The van der Waals surface area contributed by atoms with Crippen molar-refractivity contribution in [3.63, 3.8) is 0 Å². The van der Waals surface area contributed by atoms with Gasteiger partial charge in [0, 0.05) is 50.4 Å². The molecular formula is C25H30N4O5S. The maximum Gasteiger partial charge on any atom is 0.285 e. The van der Waals surface area contributed by atoms with Crippen LogP contribution >= 0.6 is 0 Å². The highest BCUT2D eigenvalue weighted by Gasteiger charge is 2.41. The zero-order chi connectivity index (χ0) is 24.6. The van der Waals surface area contributed by atoms with Gasteiger partial charge in [0.05, 0.1) is 14.2 Å². The Balaban J connectivity index is 1.25. The van der Waals surface area contributed by atoms with Crippen molar-refractivity contribution in [1.82, 2.24) is 14.7 Å². The van der Waals surface area contributed by atoms with Crippen molar-refractivity contribution in [3.8, 4) is 11.5 Å². The van der Waals surface area contributed by atoms with Gasteiger partial charge in [-0.15, -0.1) is 4.40 Å². The summed E-state index contributed by atoms with van der Waals surface area (Å²) in [5.74, 6) is 2.05. The zero-order valence-electron chi connectivity index (χ0n) is 20.0. The number of benzene rings is 2. The third kappa shape index (κ3) is 4.48. The number of fused-ring (bicyclic) bond motifs is 1. The number of amides is 1. The molecule has 0 aromatic heterocycles. The van der Waals surface area contributed by atoms with E-state index in [-0.39, 0.29) is 16.8 Å². The maximum absolute atomic E-state index is 13.5. The van der Waals surface area contributed by atoms with Crippen molar-refractivity contribution >= 4 is 21.8 Å². The first-order valence-corrected chi connectivity index (χ1v) is 13.3. The fraction of sp³-hybridized carbons (Fsp3) is 0.440. The van der Waals surface area contributed by atoms with Gasteiger partial charge in [-0.3, -0.25) is 9.69 Å². The molecule has 2 aromatic carbocycles. The van der Waals surface area contributed by atoms with E-state index in [1.165, 1.54) is 0 Å². The number of amidine groups is 1. The van der Waals surface area contributed by atoms with Crippen molar-refractivity contribution in [2.45, 2.75) is 30.3 Å². The predicted octanol–water partition coefficient (Wildman–Crippen LogP) is 1.96. The van der Waals surface area contributed by atoms with E-state index in [4.69, 9.17) is 9.47 Å². The lowest BCUT2D eigenvalue weighted by atomic mass is 10.1. The second kappa shape index (κ2) is 9.50. The summed E-state index contributed by atoms with van der Waals surface area (Å²) in [6.07, 6.45) is 1.52. The standard InChI is InChI=1S/C25H30N4O5S/c1-33-19-9-10-22(34-2)18(16-19)17-27-12-14-28(15-13-27)25(30)21-7-5-11-29(21)24-20-6-3-4-8-23(20)35(31,32)26-24/h3-4,6,8-10,16,21H,5,7,11-15,17H2,1-2H3/t21-/m0/s1. The van der Waals surface area contributed by atoms with Crippen molar-refractivity contribution < 1.29 is 22.7 Å². The smallest absolute Gasteiger partial charge is 0.285 e. The summed E-state index contributed by atoms with van der Waals surface area (Å²) in [5.41, 5.74) is 1.64. The van der Waals surface area contributed by atoms with E-state index < -0.39 is 10.0 Å². The fourth-order valence-corrected chi connectivity index (χ4v) is 6.37. The van der Waals surface area contributed by atoms with E-state index in [9.17, 15) is 13.2 Å². The number of rotatable bonds is 5. The molecule has 186 valence electrons. The molecule has 0 N–H and O–H groups in total. The Morgan fingerprint density at radius 3 is 2.54 bits per heavy atom. The van der Waals surface area contributed by atoms with Gasteiger partial charge in [0.1, 0.15) is 22.4 Å². The molecule has 1 atom stereocenters. The Bertz CT molecular complexity index is 1250. The van der Waals surface area contributed by atoms with E-state index in [0.717, 1.165) is 36.6 Å². The molecule has 0 spiro atoms. The normalized spacial score (nSPS) is 21.5. The number of methoxy groups -OCH3 is 2. The van der Waals surface area contributed by atoms with Gasteiger partial charge >= 0.3 is 0 Å². The number of likely N-dealkylation sites (tertiary alicyclic amines) is 1. The van der Waals surface area contributed by atoms with Gasteiger partial charge in [0.25, 0.3) is 10.0 Å². The third-order valence-corrected chi connectivity index (χ3v) is 8.31. The lowest BCUT2D eigenvalue weighted by Gasteiger charge is -2.37. The van der Waals surface area contributed by atoms with Crippen molar-refractivity contribution in [2.75, 3.05) is 46.9 Å². The summed E-state index contributed by atoms with van der Waals surface area (Å²) in [5, 5.41) is 0. The van der Waals surface area contributed by atoms with Crippen molar-refractivity contribution in [1.29, 1.82) is 0 Å². The van der Waals surface area contributed by atoms with Gasteiger partial charge in [-0.1, -0.05) is 12.1 Å². The van der Waals surface area contributed by atoms with E-state index in [2.05, 4.69) is 9.30 Å². The SMILES string of the molecule is COc1ccc(OC)c(CN2CCN(C(=O)[C@@H]3CCCN3C3=NS(=O)(=O)c4ccccc43)CC2)c1. The number of piperazine rings is 1. The van der Waals surface area contributed by atoms with Crippen LogP contribution in [-0.2, 0) is 21.4 Å². The van der Waals surface area contributed by atoms with Crippen LogP contribution in [0.2, 0.25) is 0 Å². The van der Waals surface area contributed by atoms with Crippen LogP contribution < -0.4 is 9.47 Å². The fourth-order valence-electron chi connectivity index (χ4n) is 5.16. The summed E-state index contributed by atoms with van der Waals surface area (Å²) in [4.78, 5) is 19.8. The van der Waals surface area contributed by atoms with E-state index >= 15 is 0 Å². The summed E-state index contributed by atoms with van der Waals surface area (Å²) in [6, 6.07) is 12.2.